The molecule has 5 heteroatoms. The van der Waals surface area contributed by atoms with Gasteiger partial charge in [0.2, 0.25) is 0 Å². The number of halogens is 3. The summed E-state index contributed by atoms with van der Waals surface area (Å²) in [4.78, 5) is 0. The Hall–Kier alpha value is -1.10. The maximum Gasteiger partial charge on any atom is 0.137 e. The van der Waals surface area contributed by atoms with E-state index in [0.717, 1.165) is 11.1 Å². The Morgan fingerprint density at radius 2 is 1.85 bits per heavy atom. The molecule has 106 valence electrons. The molecular formula is C15H14BrClFNO. The van der Waals surface area contributed by atoms with E-state index in [9.17, 15) is 4.39 Å². The van der Waals surface area contributed by atoms with Crippen molar-refractivity contribution in [2.75, 3.05) is 14.2 Å². The van der Waals surface area contributed by atoms with Crippen LogP contribution >= 0.6 is 27.5 Å². The second-order valence-electron chi connectivity index (χ2n) is 4.29. The molecule has 0 aliphatic carbocycles. The molecule has 0 bridgehead atoms. The van der Waals surface area contributed by atoms with Crippen molar-refractivity contribution in [3.8, 4) is 5.75 Å². The Labute approximate surface area is 131 Å². The van der Waals surface area contributed by atoms with Gasteiger partial charge in [-0.05, 0) is 58.4 Å². The molecule has 0 heterocycles. The molecular weight excluding hydrogens is 345 g/mol. The molecule has 0 saturated heterocycles. The van der Waals surface area contributed by atoms with Gasteiger partial charge in [-0.1, -0.05) is 23.7 Å². The zero-order chi connectivity index (χ0) is 14.7. The summed E-state index contributed by atoms with van der Waals surface area (Å²) in [5.74, 6) is 0.336. The van der Waals surface area contributed by atoms with E-state index in [4.69, 9.17) is 16.3 Å². The molecule has 0 spiro atoms. The SMILES string of the molecule is CNC(c1ccc(F)c(Br)c1)c1ccc(Cl)c(OC)c1. The minimum atomic E-state index is -0.280. The second-order valence-corrected chi connectivity index (χ2v) is 5.55. The van der Waals surface area contributed by atoms with Crippen molar-refractivity contribution < 1.29 is 9.13 Å². The largest absolute Gasteiger partial charge is 0.495 e. The van der Waals surface area contributed by atoms with Gasteiger partial charge in [-0.2, -0.15) is 0 Å². The van der Waals surface area contributed by atoms with Crippen molar-refractivity contribution in [2.45, 2.75) is 6.04 Å². The molecule has 1 unspecified atom stereocenters. The lowest BCUT2D eigenvalue weighted by molar-refractivity contribution is 0.414. The fourth-order valence-corrected chi connectivity index (χ4v) is 2.66. The van der Waals surface area contributed by atoms with E-state index < -0.39 is 0 Å². The number of hydrogen-bond donors (Lipinski definition) is 1. The highest BCUT2D eigenvalue weighted by molar-refractivity contribution is 9.10. The molecule has 2 rings (SSSR count). The normalized spacial score (nSPS) is 12.2. The highest BCUT2D eigenvalue weighted by Gasteiger charge is 2.15. The van der Waals surface area contributed by atoms with Gasteiger partial charge in [0.25, 0.3) is 0 Å². The quantitative estimate of drug-likeness (QED) is 0.865. The lowest BCUT2D eigenvalue weighted by atomic mass is 9.98. The highest BCUT2D eigenvalue weighted by Crippen LogP contribution is 2.31. The summed E-state index contributed by atoms with van der Waals surface area (Å²) in [5, 5.41) is 3.77. The van der Waals surface area contributed by atoms with Crippen LogP contribution in [-0.2, 0) is 0 Å². The highest BCUT2D eigenvalue weighted by atomic mass is 79.9. The van der Waals surface area contributed by atoms with Crippen LogP contribution in [0.15, 0.2) is 40.9 Å². The Bertz CT molecular complexity index is 621. The molecule has 0 aromatic heterocycles. The summed E-state index contributed by atoms with van der Waals surface area (Å²) in [6.45, 7) is 0. The van der Waals surface area contributed by atoms with Gasteiger partial charge >= 0.3 is 0 Å². The van der Waals surface area contributed by atoms with E-state index in [1.165, 1.54) is 6.07 Å². The standard InChI is InChI=1S/C15H14BrClFNO/c1-19-15(9-4-6-13(18)11(16)7-9)10-3-5-12(17)14(8-10)20-2/h3-8,15,19H,1-2H3. The fraction of sp³-hybridized carbons (Fsp3) is 0.200. The van der Waals surface area contributed by atoms with Gasteiger partial charge in [-0.3, -0.25) is 0 Å². The number of ether oxygens (including phenoxy) is 1. The lowest BCUT2D eigenvalue weighted by Crippen LogP contribution is -2.17. The molecule has 0 aliphatic heterocycles. The summed E-state index contributed by atoms with van der Waals surface area (Å²) in [5.41, 5.74) is 1.94. The first-order valence-electron chi connectivity index (χ1n) is 6.02. The maximum absolute atomic E-state index is 13.3. The van der Waals surface area contributed by atoms with Crippen LogP contribution in [0.5, 0.6) is 5.75 Å². The molecule has 0 radical (unpaired) electrons. The average molecular weight is 359 g/mol. The Morgan fingerprint density at radius 1 is 1.20 bits per heavy atom. The van der Waals surface area contributed by atoms with Crippen molar-refractivity contribution in [1.29, 1.82) is 0 Å². The monoisotopic (exact) mass is 357 g/mol. The van der Waals surface area contributed by atoms with Crippen LogP contribution in [0.2, 0.25) is 5.02 Å². The van der Waals surface area contributed by atoms with Crippen LogP contribution < -0.4 is 10.1 Å². The topological polar surface area (TPSA) is 21.3 Å². The van der Waals surface area contributed by atoms with Crippen molar-refractivity contribution in [2.24, 2.45) is 0 Å². The average Bonchev–Trinajstić information content (AvgIpc) is 2.45. The van der Waals surface area contributed by atoms with E-state index in [1.807, 2.05) is 19.2 Å². The predicted molar refractivity (Wildman–Crippen MR) is 83.0 cm³/mol. The summed E-state index contributed by atoms with van der Waals surface area (Å²) < 4.78 is 19.0. The molecule has 2 aromatic carbocycles. The summed E-state index contributed by atoms with van der Waals surface area (Å²) in [6, 6.07) is 10.5. The zero-order valence-corrected chi connectivity index (χ0v) is 13.4. The molecule has 2 nitrogen and oxygen atoms in total. The van der Waals surface area contributed by atoms with Crippen molar-refractivity contribution in [3.05, 3.63) is 62.8 Å². The van der Waals surface area contributed by atoms with Crippen LogP contribution in [0.3, 0.4) is 0 Å². The van der Waals surface area contributed by atoms with Gasteiger partial charge in [0.05, 0.1) is 22.6 Å². The predicted octanol–water partition coefficient (Wildman–Crippen LogP) is 4.56. The molecule has 0 aliphatic rings. The van der Waals surface area contributed by atoms with Crippen LogP contribution in [0.4, 0.5) is 4.39 Å². The van der Waals surface area contributed by atoms with E-state index in [2.05, 4.69) is 21.2 Å². The fourth-order valence-electron chi connectivity index (χ4n) is 2.07. The van der Waals surface area contributed by atoms with Gasteiger partial charge < -0.3 is 10.1 Å². The molecule has 1 atom stereocenters. The lowest BCUT2D eigenvalue weighted by Gasteiger charge is -2.19. The summed E-state index contributed by atoms with van der Waals surface area (Å²) in [6.07, 6.45) is 0. The minimum Gasteiger partial charge on any atom is -0.495 e. The number of rotatable bonds is 4. The van der Waals surface area contributed by atoms with Gasteiger partial charge in [-0.15, -0.1) is 0 Å². The summed E-state index contributed by atoms with van der Waals surface area (Å²) >= 11 is 9.24. The third kappa shape index (κ3) is 3.14. The van der Waals surface area contributed by atoms with Crippen LogP contribution in [-0.4, -0.2) is 14.2 Å². The smallest absolute Gasteiger partial charge is 0.137 e. The zero-order valence-electron chi connectivity index (χ0n) is 11.1. The molecule has 0 amide bonds. The van der Waals surface area contributed by atoms with Crippen molar-refractivity contribution in [1.82, 2.24) is 5.32 Å². The van der Waals surface area contributed by atoms with Gasteiger partial charge in [0.15, 0.2) is 0 Å². The Balaban J connectivity index is 2.43. The Kier molecular flexibility index (Phi) is 5.02. The number of benzene rings is 2. The first-order chi connectivity index (χ1) is 9.56. The number of methoxy groups -OCH3 is 1. The molecule has 2 aromatic rings. The minimum absolute atomic E-state index is 0.0712. The molecule has 0 fully saturated rings. The van der Waals surface area contributed by atoms with Crippen molar-refractivity contribution in [3.63, 3.8) is 0 Å². The maximum atomic E-state index is 13.3. The van der Waals surface area contributed by atoms with Crippen molar-refractivity contribution >= 4 is 27.5 Å². The van der Waals surface area contributed by atoms with Crippen LogP contribution in [0.1, 0.15) is 17.2 Å². The van der Waals surface area contributed by atoms with E-state index in [0.29, 0.717) is 15.2 Å². The van der Waals surface area contributed by atoms with Gasteiger partial charge in [0.1, 0.15) is 11.6 Å². The van der Waals surface area contributed by atoms with Crippen LogP contribution in [0, 0.1) is 5.82 Å². The van der Waals surface area contributed by atoms with Crippen LogP contribution in [0.25, 0.3) is 0 Å². The Morgan fingerprint density at radius 3 is 2.45 bits per heavy atom. The third-order valence-electron chi connectivity index (χ3n) is 3.07. The molecule has 20 heavy (non-hydrogen) atoms. The van der Waals surface area contributed by atoms with E-state index in [1.54, 1.807) is 25.3 Å². The van der Waals surface area contributed by atoms with Gasteiger partial charge in [0, 0.05) is 0 Å². The first-order valence-corrected chi connectivity index (χ1v) is 7.19. The number of nitrogens with one attached hydrogen (secondary N) is 1. The molecule has 0 saturated carbocycles. The molecule has 1 N–H and O–H groups in total. The van der Waals surface area contributed by atoms with E-state index >= 15 is 0 Å². The third-order valence-corrected chi connectivity index (χ3v) is 3.99. The van der Waals surface area contributed by atoms with Gasteiger partial charge in [-0.25, -0.2) is 4.39 Å². The second kappa shape index (κ2) is 6.57. The number of hydrogen-bond acceptors (Lipinski definition) is 2. The summed E-state index contributed by atoms with van der Waals surface area (Å²) in [7, 11) is 3.43. The first kappa shape index (κ1) is 15.3. The van der Waals surface area contributed by atoms with E-state index in [-0.39, 0.29) is 11.9 Å².